The van der Waals surface area contributed by atoms with Crippen LogP contribution in [-0.2, 0) is 5.60 Å². The van der Waals surface area contributed by atoms with Gasteiger partial charge in [0.2, 0.25) is 0 Å². The predicted octanol–water partition coefficient (Wildman–Crippen LogP) is 2.27. The molecule has 1 aromatic rings. The average molecular weight is 186 g/mol. The van der Waals surface area contributed by atoms with E-state index in [-0.39, 0.29) is 0 Å². The minimum absolute atomic E-state index is 0.459. The van der Waals surface area contributed by atoms with Crippen LogP contribution < -0.4 is 0 Å². The summed E-state index contributed by atoms with van der Waals surface area (Å²) in [4.78, 5) is 4.05. The molecule has 66 valence electrons. The van der Waals surface area contributed by atoms with E-state index in [9.17, 15) is 5.11 Å². The quantitative estimate of drug-likeness (QED) is 0.681. The first-order chi connectivity index (χ1) is 5.41. The van der Waals surface area contributed by atoms with Gasteiger partial charge in [-0.1, -0.05) is 17.7 Å². The van der Waals surface area contributed by atoms with Gasteiger partial charge in [-0.3, -0.25) is 0 Å². The number of hydrogen-bond donors (Lipinski definition) is 1. The standard InChI is InChI=1S/C9H12ClNO/c1-6-7(9(2,3)12)4-5-8(10)11-6/h4-5,12H,1-3H3. The highest BCUT2D eigenvalue weighted by atomic mass is 35.5. The van der Waals surface area contributed by atoms with Crippen molar-refractivity contribution in [3.8, 4) is 0 Å². The van der Waals surface area contributed by atoms with Gasteiger partial charge in [-0.2, -0.15) is 0 Å². The predicted molar refractivity (Wildman–Crippen MR) is 49.2 cm³/mol. The molecule has 0 bridgehead atoms. The number of pyridine rings is 1. The third-order valence-corrected chi connectivity index (χ3v) is 1.92. The zero-order chi connectivity index (χ0) is 9.35. The molecule has 0 atom stereocenters. The Labute approximate surface area is 77.2 Å². The summed E-state index contributed by atoms with van der Waals surface area (Å²) in [6, 6.07) is 3.48. The monoisotopic (exact) mass is 185 g/mol. The SMILES string of the molecule is Cc1nc(Cl)ccc1C(C)(C)O. The minimum atomic E-state index is -0.846. The van der Waals surface area contributed by atoms with Gasteiger partial charge in [0.25, 0.3) is 0 Å². The first kappa shape index (κ1) is 9.49. The van der Waals surface area contributed by atoms with Crippen molar-refractivity contribution in [3.63, 3.8) is 0 Å². The number of rotatable bonds is 1. The van der Waals surface area contributed by atoms with Gasteiger partial charge in [-0.15, -0.1) is 0 Å². The smallest absolute Gasteiger partial charge is 0.129 e. The number of hydrogen-bond acceptors (Lipinski definition) is 2. The molecule has 0 spiro atoms. The van der Waals surface area contributed by atoms with Crippen LogP contribution in [0.25, 0.3) is 0 Å². The van der Waals surface area contributed by atoms with Gasteiger partial charge in [0.15, 0.2) is 0 Å². The largest absolute Gasteiger partial charge is 0.386 e. The van der Waals surface area contributed by atoms with Crippen LogP contribution in [0.2, 0.25) is 5.15 Å². The first-order valence-corrected chi connectivity index (χ1v) is 4.15. The molecule has 1 aromatic heterocycles. The molecule has 12 heavy (non-hydrogen) atoms. The molecule has 3 heteroatoms. The molecule has 0 aromatic carbocycles. The zero-order valence-electron chi connectivity index (χ0n) is 7.43. The Hall–Kier alpha value is -0.600. The molecule has 0 saturated carbocycles. The summed E-state index contributed by atoms with van der Waals surface area (Å²) < 4.78 is 0. The van der Waals surface area contributed by atoms with Crippen molar-refractivity contribution in [3.05, 3.63) is 28.5 Å². The lowest BCUT2D eigenvalue weighted by Crippen LogP contribution is -2.17. The lowest BCUT2D eigenvalue weighted by molar-refractivity contribution is 0.0775. The molecule has 0 aliphatic rings. The van der Waals surface area contributed by atoms with E-state index in [0.29, 0.717) is 5.15 Å². The van der Waals surface area contributed by atoms with E-state index in [1.165, 1.54) is 0 Å². The Morgan fingerprint density at radius 2 is 2.00 bits per heavy atom. The Morgan fingerprint density at radius 1 is 1.42 bits per heavy atom. The molecule has 1 N–H and O–H groups in total. The van der Waals surface area contributed by atoms with E-state index in [1.807, 2.05) is 6.92 Å². The highest BCUT2D eigenvalue weighted by Crippen LogP contribution is 2.23. The third-order valence-electron chi connectivity index (χ3n) is 1.71. The molecule has 1 heterocycles. The number of aliphatic hydroxyl groups is 1. The van der Waals surface area contributed by atoms with Crippen LogP contribution in [-0.4, -0.2) is 10.1 Å². The molecule has 0 radical (unpaired) electrons. The van der Waals surface area contributed by atoms with E-state index < -0.39 is 5.60 Å². The number of aryl methyl sites for hydroxylation is 1. The van der Waals surface area contributed by atoms with Crippen molar-refractivity contribution in [2.75, 3.05) is 0 Å². The fourth-order valence-electron chi connectivity index (χ4n) is 1.18. The van der Waals surface area contributed by atoms with Crippen molar-refractivity contribution in [2.24, 2.45) is 0 Å². The fourth-order valence-corrected chi connectivity index (χ4v) is 1.37. The highest BCUT2D eigenvalue weighted by Gasteiger charge is 2.18. The number of nitrogens with zero attached hydrogens (tertiary/aromatic N) is 1. The summed E-state index contributed by atoms with van der Waals surface area (Å²) in [5.41, 5.74) is 0.740. The van der Waals surface area contributed by atoms with Crippen LogP contribution in [0.3, 0.4) is 0 Å². The Kier molecular flexibility index (Phi) is 2.40. The van der Waals surface area contributed by atoms with Gasteiger partial charge in [0, 0.05) is 11.3 Å². The van der Waals surface area contributed by atoms with Gasteiger partial charge >= 0.3 is 0 Å². The van der Waals surface area contributed by atoms with Crippen LogP contribution >= 0.6 is 11.6 Å². The highest BCUT2D eigenvalue weighted by molar-refractivity contribution is 6.29. The van der Waals surface area contributed by atoms with Crippen LogP contribution in [0.5, 0.6) is 0 Å². The van der Waals surface area contributed by atoms with Crippen LogP contribution in [0.15, 0.2) is 12.1 Å². The molecule has 1 rings (SSSR count). The first-order valence-electron chi connectivity index (χ1n) is 3.77. The summed E-state index contributed by atoms with van der Waals surface area (Å²) >= 11 is 5.67. The van der Waals surface area contributed by atoms with E-state index >= 15 is 0 Å². The second-order valence-electron chi connectivity index (χ2n) is 3.33. The summed E-state index contributed by atoms with van der Waals surface area (Å²) in [7, 11) is 0. The summed E-state index contributed by atoms with van der Waals surface area (Å²) in [6.45, 7) is 5.29. The molecule has 0 fully saturated rings. The van der Waals surface area contributed by atoms with E-state index in [2.05, 4.69) is 4.98 Å². The fraction of sp³-hybridized carbons (Fsp3) is 0.444. The normalized spacial score (nSPS) is 11.8. The lowest BCUT2D eigenvalue weighted by atomic mass is 9.97. The van der Waals surface area contributed by atoms with Crippen molar-refractivity contribution < 1.29 is 5.11 Å². The molecule has 2 nitrogen and oxygen atoms in total. The van der Waals surface area contributed by atoms with Gasteiger partial charge in [-0.25, -0.2) is 4.98 Å². The molecular weight excluding hydrogens is 174 g/mol. The summed E-state index contributed by atoms with van der Waals surface area (Å²) in [6.07, 6.45) is 0. The molecule has 0 unspecified atom stereocenters. The number of halogens is 1. The molecule has 0 aliphatic carbocycles. The van der Waals surface area contributed by atoms with Crippen molar-refractivity contribution in [2.45, 2.75) is 26.4 Å². The summed E-state index contributed by atoms with van der Waals surface area (Å²) in [5, 5.41) is 10.1. The topological polar surface area (TPSA) is 33.1 Å². The second-order valence-corrected chi connectivity index (χ2v) is 3.71. The number of aromatic nitrogens is 1. The van der Waals surface area contributed by atoms with Gasteiger partial charge < -0.3 is 5.11 Å². The lowest BCUT2D eigenvalue weighted by Gasteiger charge is -2.19. The molecule has 0 saturated heterocycles. The van der Waals surface area contributed by atoms with Crippen LogP contribution in [0, 0.1) is 6.92 Å². The van der Waals surface area contributed by atoms with E-state index in [4.69, 9.17) is 11.6 Å². The molecule has 0 aliphatic heterocycles. The maximum Gasteiger partial charge on any atom is 0.129 e. The Balaban J connectivity index is 3.19. The van der Waals surface area contributed by atoms with Gasteiger partial charge in [-0.05, 0) is 26.8 Å². The van der Waals surface area contributed by atoms with Crippen LogP contribution in [0.1, 0.15) is 25.1 Å². The Morgan fingerprint density at radius 3 is 2.42 bits per heavy atom. The van der Waals surface area contributed by atoms with Crippen LogP contribution in [0.4, 0.5) is 0 Å². The summed E-state index contributed by atoms with van der Waals surface area (Å²) in [5.74, 6) is 0. The molecule has 0 amide bonds. The average Bonchev–Trinajstić information content (AvgIpc) is 1.83. The maximum atomic E-state index is 9.68. The van der Waals surface area contributed by atoms with Gasteiger partial charge in [0.05, 0.1) is 5.60 Å². The minimum Gasteiger partial charge on any atom is -0.386 e. The van der Waals surface area contributed by atoms with E-state index in [1.54, 1.807) is 26.0 Å². The third kappa shape index (κ3) is 1.96. The van der Waals surface area contributed by atoms with Crippen molar-refractivity contribution in [1.29, 1.82) is 0 Å². The van der Waals surface area contributed by atoms with Gasteiger partial charge in [0.1, 0.15) is 5.15 Å². The Bertz CT molecular complexity index is 291. The van der Waals surface area contributed by atoms with E-state index in [0.717, 1.165) is 11.3 Å². The zero-order valence-corrected chi connectivity index (χ0v) is 8.18. The maximum absolute atomic E-state index is 9.68. The second kappa shape index (κ2) is 3.04. The van der Waals surface area contributed by atoms with Crippen molar-refractivity contribution >= 4 is 11.6 Å². The van der Waals surface area contributed by atoms with Crippen molar-refractivity contribution in [1.82, 2.24) is 4.98 Å². The molecular formula is C9H12ClNO.